The number of hydrogen-bond donors (Lipinski definition) is 2. The van der Waals surface area contributed by atoms with Gasteiger partial charge in [0, 0.05) is 31.1 Å². The van der Waals surface area contributed by atoms with E-state index in [1.165, 1.54) is 0 Å². The molecule has 0 fully saturated rings. The van der Waals surface area contributed by atoms with Crippen LogP contribution in [0.2, 0.25) is 0 Å². The maximum absolute atomic E-state index is 11.8. The van der Waals surface area contributed by atoms with Crippen molar-refractivity contribution in [1.29, 1.82) is 0 Å². The fourth-order valence-corrected chi connectivity index (χ4v) is 3.87. The summed E-state index contributed by atoms with van der Waals surface area (Å²) < 4.78 is 7.60. The molecule has 4 N–H and O–H groups in total. The number of aryl methyl sites for hydroxylation is 2. The van der Waals surface area contributed by atoms with Crippen LogP contribution in [0.5, 0.6) is 6.01 Å². The molecule has 10 heteroatoms. The molecule has 0 aromatic carbocycles. The molecule has 0 aliphatic heterocycles. The van der Waals surface area contributed by atoms with Crippen molar-refractivity contribution < 1.29 is 9.53 Å². The quantitative estimate of drug-likeness (QED) is 0.447. The zero-order chi connectivity index (χ0) is 20.4. The average molecular weight is 409 g/mol. The lowest BCUT2D eigenvalue weighted by Crippen LogP contribution is -2.10. The number of aromatic nitrogens is 5. The Hall–Kier alpha value is -3.53. The number of hydrogen-bond acceptors (Lipinski definition) is 8. The van der Waals surface area contributed by atoms with Crippen LogP contribution in [-0.2, 0) is 6.54 Å². The minimum Gasteiger partial charge on any atom is -0.463 e. The minimum atomic E-state index is -0.602. The summed E-state index contributed by atoms with van der Waals surface area (Å²) in [7, 11) is 0. The molecule has 0 radical (unpaired) electrons. The molecule has 1 amide bonds. The van der Waals surface area contributed by atoms with Gasteiger partial charge < -0.3 is 16.2 Å². The molecule has 0 saturated carbocycles. The molecule has 0 atom stereocenters. The Morgan fingerprint density at radius 2 is 2.10 bits per heavy atom. The van der Waals surface area contributed by atoms with Crippen LogP contribution in [0.4, 0.5) is 5.69 Å². The molecule has 0 unspecified atom stereocenters. The van der Waals surface area contributed by atoms with Crippen molar-refractivity contribution in [3.63, 3.8) is 0 Å². The first-order valence-corrected chi connectivity index (χ1v) is 9.78. The molecule has 0 spiro atoms. The zero-order valence-corrected chi connectivity index (χ0v) is 16.5. The first-order valence-electron chi connectivity index (χ1n) is 8.97. The fraction of sp³-hybridized carbons (Fsp3) is 0.211. The standard InChI is InChI=1S/C19H19N7O2S/c1-11-5-2-6-12(23-11)15-13-14(20)16(17(21)27)29-18(13)25-19(24-15)28-10-4-9-26-8-3-7-22-26/h2-3,5-8H,4,9-10,20H2,1H3,(H2,21,27). The van der Waals surface area contributed by atoms with E-state index in [0.29, 0.717) is 28.2 Å². The molecule has 0 aliphatic rings. The number of ether oxygens (including phenoxy) is 1. The van der Waals surface area contributed by atoms with Gasteiger partial charge in [-0.15, -0.1) is 11.3 Å². The second-order valence-corrected chi connectivity index (χ2v) is 7.38. The van der Waals surface area contributed by atoms with Crippen molar-refractivity contribution in [2.24, 2.45) is 5.73 Å². The lowest BCUT2D eigenvalue weighted by atomic mass is 10.1. The number of thiophene rings is 1. The number of anilines is 1. The first kappa shape index (κ1) is 18.8. The third-order valence-corrected chi connectivity index (χ3v) is 5.36. The van der Waals surface area contributed by atoms with Gasteiger partial charge >= 0.3 is 6.01 Å². The van der Waals surface area contributed by atoms with Crippen LogP contribution in [0.3, 0.4) is 0 Å². The van der Waals surface area contributed by atoms with Crippen LogP contribution in [-0.4, -0.2) is 37.2 Å². The smallest absolute Gasteiger partial charge is 0.318 e. The van der Waals surface area contributed by atoms with Crippen LogP contribution >= 0.6 is 11.3 Å². The van der Waals surface area contributed by atoms with E-state index in [2.05, 4.69) is 20.1 Å². The summed E-state index contributed by atoms with van der Waals surface area (Å²) in [6.07, 6.45) is 4.36. The van der Waals surface area contributed by atoms with Crippen molar-refractivity contribution in [2.75, 3.05) is 12.3 Å². The van der Waals surface area contributed by atoms with Crippen LogP contribution in [0, 0.1) is 6.92 Å². The Labute approximate surface area is 170 Å². The monoisotopic (exact) mass is 409 g/mol. The van der Waals surface area contributed by atoms with Gasteiger partial charge in [-0.2, -0.15) is 15.1 Å². The highest BCUT2D eigenvalue weighted by molar-refractivity contribution is 7.21. The van der Waals surface area contributed by atoms with Gasteiger partial charge in [-0.05, 0) is 25.1 Å². The zero-order valence-electron chi connectivity index (χ0n) is 15.7. The number of carbonyl (C=O) groups is 1. The van der Waals surface area contributed by atoms with E-state index < -0.39 is 5.91 Å². The van der Waals surface area contributed by atoms with Gasteiger partial charge in [-0.3, -0.25) is 14.5 Å². The molecule has 4 rings (SSSR count). The van der Waals surface area contributed by atoms with Crippen LogP contribution < -0.4 is 16.2 Å². The normalized spacial score (nSPS) is 11.1. The SMILES string of the molecule is Cc1cccc(-c2nc(OCCCn3cccn3)nc3sc(C(N)=O)c(N)c23)n1. The van der Waals surface area contributed by atoms with Gasteiger partial charge in [0.1, 0.15) is 15.4 Å². The van der Waals surface area contributed by atoms with Crippen molar-refractivity contribution in [3.05, 3.63) is 47.2 Å². The maximum atomic E-state index is 11.8. The van der Waals surface area contributed by atoms with Crippen molar-refractivity contribution in [3.8, 4) is 17.4 Å². The molecule has 0 saturated heterocycles. The first-order chi connectivity index (χ1) is 14.0. The van der Waals surface area contributed by atoms with E-state index in [1.807, 2.05) is 42.1 Å². The lowest BCUT2D eigenvalue weighted by Gasteiger charge is -2.08. The third-order valence-electron chi connectivity index (χ3n) is 4.24. The predicted molar refractivity (Wildman–Crippen MR) is 111 cm³/mol. The van der Waals surface area contributed by atoms with Crippen molar-refractivity contribution in [2.45, 2.75) is 19.9 Å². The van der Waals surface area contributed by atoms with E-state index in [9.17, 15) is 4.79 Å². The molecular formula is C19H19N7O2S. The summed E-state index contributed by atoms with van der Waals surface area (Å²) in [6, 6.07) is 7.68. The number of pyridine rings is 1. The lowest BCUT2D eigenvalue weighted by molar-refractivity contribution is 0.100. The maximum Gasteiger partial charge on any atom is 0.318 e. The van der Waals surface area contributed by atoms with Gasteiger partial charge in [0.05, 0.1) is 23.4 Å². The Bertz CT molecular complexity index is 1170. The topological polar surface area (TPSA) is 135 Å². The molecule has 0 aliphatic carbocycles. The Kier molecular flexibility index (Phi) is 5.09. The summed E-state index contributed by atoms with van der Waals surface area (Å²) in [5, 5.41) is 4.72. The number of amides is 1. The summed E-state index contributed by atoms with van der Waals surface area (Å²) in [4.78, 5) is 26.0. The molecule has 148 valence electrons. The van der Waals surface area contributed by atoms with E-state index in [1.54, 1.807) is 6.20 Å². The fourth-order valence-electron chi connectivity index (χ4n) is 2.93. The third kappa shape index (κ3) is 3.87. The number of nitrogens with two attached hydrogens (primary N) is 2. The number of nitrogens with zero attached hydrogens (tertiary/aromatic N) is 5. The van der Waals surface area contributed by atoms with Crippen molar-refractivity contribution >= 4 is 33.1 Å². The summed E-state index contributed by atoms with van der Waals surface area (Å²) in [5.41, 5.74) is 13.9. The molecule has 9 nitrogen and oxygen atoms in total. The predicted octanol–water partition coefficient (Wildman–Crippen LogP) is 2.41. The summed E-state index contributed by atoms with van der Waals surface area (Å²) >= 11 is 1.12. The highest BCUT2D eigenvalue weighted by Crippen LogP contribution is 2.38. The van der Waals surface area contributed by atoms with E-state index in [4.69, 9.17) is 16.2 Å². The van der Waals surface area contributed by atoms with Crippen LogP contribution in [0.15, 0.2) is 36.7 Å². The molecule has 4 aromatic heterocycles. The number of fused-ring (bicyclic) bond motifs is 1. The highest BCUT2D eigenvalue weighted by atomic mass is 32.1. The number of nitrogen functional groups attached to an aromatic ring is 1. The average Bonchev–Trinajstić information content (AvgIpc) is 3.33. The van der Waals surface area contributed by atoms with Gasteiger partial charge in [0.2, 0.25) is 0 Å². The van der Waals surface area contributed by atoms with E-state index in [-0.39, 0.29) is 16.6 Å². The van der Waals surface area contributed by atoms with Gasteiger partial charge in [0.25, 0.3) is 5.91 Å². The van der Waals surface area contributed by atoms with Gasteiger partial charge in [-0.1, -0.05) is 6.07 Å². The number of rotatable bonds is 7. The van der Waals surface area contributed by atoms with Crippen LogP contribution in [0.1, 0.15) is 21.8 Å². The summed E-state index contributed by atoms with van der Waals surface area (Å²) in [5.74, 6) is -0.602. The van der Waals surface area contributed by atoms with Crippen LogP contribution in [0.25, 0.3) is 21.6 Å². The second kappa shape index (κ2) is 7.84. The molecular weight excluding hydrogens is 390 g/mol. The van der Waals surface area contributed by atoms with E-state index >= 15 is 0 Å². The highest BCUT2D eigenvalue weighted by Gasteiger charge is 2.22. The number of primary amides is 1. The minimum absolute atomic E-state index is 0.202. The molecule has 4 heterocycles. The van der Waals surface area contributed by atoms with E-state index in [0.717, 1.165) is 30.0 Å². The Morgan fingerprint density at radius 3 is 2.83 bits per heavy atom. The molecule has 0 bridgehead atoms. The van der Waals surface area contributed by atoms with Gasteiger partial charge in [0.15, 0.2) is 0 Å². The summed E-state index contributed by atoms with van der Waals surface area (Å²) in [6.45, 7) is 3.02. The molecule has 4 aromatic rings. The van der Waals surface area contributed by atoms with Crippen molar-refractivity contribution in [1.82, 2.24) is 24.7 Å². The molecule has 29 heavy (non-hydrogen) atoms. The Morgan fingerprint density at radius 1 is 1.24 bits per heavy atom. The number of carbonyl (C=O) groups excluding carboxylic acids is 1. The largest absolute Gasteiger partial charge is 0.463 e. The Balaban J connectivity index is 1.69. The second-order valence-electron chi connectivity index (χ2n) is 6.38. The van der Waals surface area contributed by atoms with Gasteiger partial charge in [-0.25, -0.2) is 0 Å².